The predicted octanol–water partition coefficient (Wildman–Crippen LogP) is 4.49. The van der Waals surface area contributed by atoms with Crippen LogP contribution in [0.5, 0.6) is 0 Å². The summed E-state index contributed by atoms with van der Waals surface area (Å²) in [7, 11) is -3.92. The fourth-order valence-electron chi connectivity index (χ4n) is 2.78. The summed E-state index contributed by atoms with van der Waals surface area (Å²) in [5.41, 5.74) is 0.621. The highest BCUT2D eigenvalue weighted by molar-refractivity contribution is 7.89. The molecule has 1 amide bonds. The SMILES string of the molecule is CCC[C@@H](C)NC(=O)CN(Cc1ccccc1Cl)S(=O)(=O)c1ccc(Cl)cc1. The maximum Gasteiger partial charge on any atom is 0.243 e. The first kappa shape index (κ1) is 22.7. The molecule has 0 aliphatic rings. The van der Waals surface area contributed by atoms with Crippen molar-refractivity contribution in [1.29, 1.82) is 0 Å². The summed E-state index contributed by atoms with van der Waals surface area (Å²) >= 11 is 12.1. The summed E-state index contributed by atoms with van der Waals surface area (Å²) in [4.78, 5) is 12.5. The van der Waals surface area contributed by atoms with Crippen LogP contribution in [0.4, 0.5) is 0 Å². The van der Waals surface area contributed by atoms with E-state index >= 15 is 0 Å². The van der Waals surface area contributed by atoms with Crippen LogP contribution >= 0.6 is 23.2 Å². The van der Waals surface area contributed by atoms with Gasteiger partial charge in [-0.3, -0.25) is 4.79 Å². The molecule has 152 valence electrons. The molecule has 28 heavy (non-hydrogen) atoms. The summed E-state index contributed by atoms with van der Waals surface area (Å²) in [6.45, 7) is 3.61. The number of carbonyl (C=O) groups is 1. The molecular weight excluding hydrogens is 419 g/mol. The summed E-state index contributed by atoms with van der Waals surface area (Å²) in [5, 5.41) is 3.72. The number of benzene rings is 2. The molecule has 2 aromatic rings. The van der Waals surface area contributed by atoms with E-state index in [-0.39, 0.29) is 29.9 Å². The number of hydrogen-bond acceptors (Lipinski definition) is 3. The van der Waals surface area contributed by atoms with E-state index in [9.17, 15) is 13.2 Å². The predicted molar refractivity (Wildman–Crippen MR) is 113 cm³/mol. The maximum atomic E-state index is 13.2. The van der Waals surface area contributed by atoms with Crippen LogP contribution in [0, 0.1) is 0 Å². The fourth-order valence-corrected chi connectivity index (χ4v) is 4.48. The summed E-state index contributed by atoms with van der Waals surface area (Å²) in [6.07, 6.45) is 1.74. The Bertz CT molecular complexity index is 902. The highest BCUT2D eigenvalue weighted by Crippen LogP contribution is 2.23. The Morgan fingerprint density at radius 1 is 1.11 bits per heavy atom. The Balaban J connectivity index is 2.31. The molecule has 8 heteroatoms. The zero-order valence-corrected chi connectivity index (χ0v) is 18.2. The van der Waals surface area contributed by atoms with E-state index in [0.29, 0.717) is 15.6 Å². The number of sulfonamides is 1. The van der Waals surface area contributed by atoms with E-state index in [2.05, 4.69) is 5.32 Å². The molecule has 0 unspecified atom stereocenters. The molecule has 0 fully saturated rings. The number of amides is 1. The third-order valence-corrected chi connectivity index (χ3v) is 6.63. The van der Waals surface area contributed by atoms with Gasteiger partial charge in [0, 0.05) is 22.6 Å². The molecule has 0 radical (unpaired) electrons. The van der Waals surface area contributed by atoms with Gasteiger partial charge in [-0.2, -0.15) is 4.31 Å². The van der Waals surface area contributed by atoms with Crippen molar-refractivity contribution in [2.75, 3.05) is 6.54 Å². The Morgan fingerprint density at radius 3 is 2.36 bits per heavy atom. The van der Waals surface area contributed by atoms with E-state index in [1.807, 2.05) is 13.8 Å². The molecule has 0 saturated heterocycles. The van der Waals surface area contributed by atoms with Crippen molar-refractivity contribution in [1.82, 2.24) is 9.62 Å². The molecule has 1 atom stereocenters. The first-order chi connectivity index (χ1) is 13.2. The number of halogens is 2. The van der Waals surface area contributed by atoms with Gasteiger partial charge in [0.15, 0.2) is 0 Å². The lowest BCUT2D eigenvalue weighted by Crippen LogP contribution is -2.43. The van der Waals surface area contributed by atoms with Crippen molar-refractivity contribution < 1.29 is 13.2 Å². The Morgan fingerprint density at radius 2 is 1.75 bits per heavy atom. The van der Waals surface area contributed by atoms with Crippen LogP contribution in [0.25, 0.3) is 0 Å². The summed E-state index contributed by atoms with van der Waals surface area (Å²) < 4.78 is 27.5. The molecule has 0 saturated carbocycles. The topological polar surface area (TPSA) is 66.5 Å². The lowest BCUT2D eigenvalue weighted by atomic mass is 10.2. The van der Waals surface area contributed by atoms with Crippen LogP contribution in [0.2, 0.25) is 10.0 Å². The summed E-state index contributed by atoms with van der Waals surface area (Å²) in [5.74, 6) is -0.356. The van der Waals surface area contributed by atoms with Crippen LogP contribution in [-0.4, -0.2) is 31.2 Å². The molecule has 5 nitrogen and oxygen atoms in total. The first-order valence-electron chi connectivity index (χ1n) is 9.02. The van der Waals surface area contributed by atoms with Gasteiger partial charge in [-0.05, 0) is 49.2 Å². The third-order valence-electron chi connectivity index (χ3n) is 4.20. The number of nitrogens with zero attached hydrogens (tertiary/aromatic N) is 1. The minimum atomic E-state index is -3.92. The van der Waals surface area contributed by atoms with E-state index < -0.39 is 10.0 Å². The monoisotopic (exact) mass is 442 g/mol. The smallest absolute Gasteiger partial charge is 0.243 e. The van der Waals surface area contributed by atoms with Crippen LogP contribution in [0.1, 0.15) is 32.3 Å². The van der Waals surface area contributed by atoms with Crippen molar-refractivity contribution in [3.05, 3.63) is 64.1 Å². The Labute approximate surface area is 176 Å². The van der Waals surface area contributed by atoms with Gasteiger partial charge in [-0.1, -0.05) is 54.7 Å². The number of rotatable bonds is 9. The summed E-state index contributed by atoms with van der Waals surface area (Å²) in [6, 6.07) is 12.8. The van der Waals surface area contributed by atoms with Crippen molar-refractivity contribution in [2.45, 2.75) is 44.2 Å². The minimum Gasteiger partial charge on any atom is -0.353 e. The lowest BCUT2D eigenvalue weighted by molar-refractivity contribution is -0.122. The molecule has 2 rings (SSSR count). The van der Waals surface area contributed by atoms with Gasteiger partial charge in [-0.25, -0.2) is 8.42 Å². The molecule has 2 aromatic carbocycles. The molecule has 0 aromatic heterocycles. The van der Waals surface area contributed by atoms with Gasteiger partial charge in [0.2, 0.25) is 15.9 Å². The van der Waals surface area contributed by atoms with Crippen LogP contribution < -0.4 is 5.32 Å². The fraction of sp³-hybridized carbons (Fsp3) is 0.350. The first-order valence-corrected chi connectivity index (χ1v) is 11.2. The highest BCUT2D eigenvalue weighted by Gasteiger charge is 2.27. The molecule has 0 aliphatic heterocycles. The Kier molecular flexibility index (Phi) is 8.31. The van der Waals surface area contributed by atoms with Gasteiger partial charge in [-0.15, -0.1) is 0 Å². The molecular formula is C20H24Cl2N2O3S. The van der Waals surface area contributed by atoms with Crippen molar-refractivity contribution in [3.8, 4) is 0 Å². The zero-order valence-electron chi connectivity index (χ0n) is 15.9. The third kappa shape index (κ3) is 6.21. The average Bonchev–Trinajstić information content (AvgIpc) is 2.63. The van der Waals surface area contributed by atoms with Gasteiger partial charge >= 0.3 is 0 Å². The molecule has 0 aliphatic carbocycles. The molecule has 0 bridgehead atoms. The highest BCUT2D eigenvalue weighted by atomic mass is 35.5. The standard InChI is InChI=1S/C20H24Cl2N2O3S/c1-3-6-15(2)23-20(25)14-24(13-16-7-4-5-8-19(16)22)28(26,27)18-11-9-17(21)10-12-18/h4-5,7-12,15H,3,6,13-14H2,1-2H3,(H,23,25)/t15-/m1/s1. The second-order valence-corrected chi connectivity index (χ2v) is 9.36. The number of carbonyl (C=O) groups excluding carboxylic acids is 1. The second kappa shape index (κ2) is 10.3. The molecule has 0 spiro atoms. The van der Waals surface area contributed by atoms with Crippen LogP contribution in [0.3, 0.4) is 0 Å². The largest absolute Gasteiger partial charge is 0.353 e. The number of hydrogen-bond donors (Lipinski definition) is 1. The molecule has 0 heterocycles. The van der Waals surface area contributed by atoms with E-state index in [0.717, 1.165) is 17.1 Å². The van der Waals surface area contributed by atoms with Crippen molar-refractivity contribution >= 4 is 39.1 Å². The maximum absolute atomic E-state index is 13.2. The van der Waals surface area contributed by atoms with Gasteiger partial charge < -0.3 is 5.32 Å². The molecule has 1 N–H and O–H groups in total. The average molecular weight is 443 g/mol. The van der Waals surface area contributed by atoms with Gasteiger partial charge in [0.05, 0.1) is 11.4 Å². The van der Waals surface area contributed by atoms with Gasteiger partial charge in [0.25, 0.3) is 0 Å². The number of nitrogens with one attached hydrogen (secondary N) is 1. The van der Waals surface area contributed by atoms with Crippen molar-refractivity contribution in [2.24, 2.45) is 0 Å². The quantitative estimate of drug-likeness (QED) is 0.621. The normalized spacial score (nSPS) is 12.8. The van der Waals surface area contributed by atoms with Crippen molar-refractivity contribution in [3.63, 3.8) is 0 Å². The second-order valence-electron chi connectivity index (χ2n) is 6.58. The van der Waals surface area contributed by atoms with E-state index in [4.69, 9.17) is 23.2 Å². The van der Waals surface area contributed by atoms with E-state index in [1.54, 1.807) is 24.3 Å². The van der Waals surface area contributed by atoms with Gasteiger partial charge in [0.1, 0.15) is 0 Å². The minimum absolute atomic E-state index is 0.0137. The lowest BCUT2D eigenvalue weighted by Gasteiger charge is -2.23. The van der Waals surface area contributed by atoms with Crippen LogP contribution in [0.15, 0.2) is 53.4 Å². The van der Waals surface area contributed by atoms with Crippen LogP contribution in [-0.2, 0) is 21.4 Å². The Hall–Kier alpha value is -1.60. The van der Waals surface area contributed by atoms with E-state index in [1.165, 1.54) is 24.3 Å². The zero-order chi connectivity index (χ0) is 20.7.